The maximum Gasteiger partial charge on any atom is 0.243 e. The minimum atomic E-state index is -4.11. The highest BCUT2D eigenvalue weighted by atomic mass is 32.2. The van der Waals surface area contributed by atoms with Crippen molar-refractivity contribution in [2.24, 2.45) is 0 Å². The smallest absolute Gasteiger partial charge is 0.243 e. The van der Waals surface area contributed by atoms with Crippen molar-refractivity contribution in [3.63, 3.8) is 0 Å². The first kappa shape index (κ1) is 23.6. The minimum absolute atomic E-state index is 0.0672. The molecule has 12 heteroatoms. The van der Waals surface area contributed by atoms with E-state index in [1.807, 2.05) is 0 Å². The van der Waals surface area contributed by atoms with Crippen molar-refractivity contribution in [3.8, 4) is 17.2 Å². The van der Waals surface area contributed by atoms with E-state index in [2.05, 4.69) is 14.8 Å². The Morgan fingerprint density at radius 2 is 1.91 bits per heavy atom. The molecule has 0 saturated heterocycles. The van der Waals surface area contributed by atoms with E-state index >= 15 is 0 Å². The Hall–Kier alpha value is -3.55. The summed E-state index contributed by atoms with van der Waals surface area (Å²) in [5, 5.41) is 26.0. The number of nitrogens with zero attached hydrogens (tertiary/aromatic N) is 3. The molecule has 0 bridgehead atoms. The number of ether oxygens (including phenoxy) is 2. The zero-order valence-electron chi connectivity index (χ0n) is 18.4. The Labute approximate surface area is 195 Å². The van der Waals surface area contributed by atoms with Crippen LogP contribution in [0, 0.1) is 10.4 Å². The number of hydrogen-bond acceptors (Lipinski definition) is 8. The molecule has 2 aromatic carbocycles. The molecule has 0 radical (unpaired) electrons. The van der Waals surface area contributed by atoms with Gasteiger partial charge in [0, 0.05) is 41.5 Å². The second-order valence-electron chi connectivity index (χ2n) is 7.34. The number of nitrogens with one attached hydrogen (secondary N) is 2. The van der Waals surface area contributed by atoms with E-state index in [0.29, 0.717) is 22.7 Å². The fourth-order valence-electron chi connectivity index (χ4n) is 3.47. The molecule has 0 aliphatic carbocycles. The van der Waals surface area contributed by atoms with Crippen molar-refractivity contribution in [1.29, 1.82) is 0 Å². The van der Waals surface area contributed by atoms with Gasteiger partial charge in [0.05, 0.1) is 19.9 Å². The van der Waals surface area contributed by atoms with Crippen molar-refractivity contribution in [2.45, 2.75) is 18.0 Å². The molecule has 0 spiro atoms. The minimum Gasteiger partial charge on any atom is -0.633 e. The van der Waals surface area contributed by atoms with Crippen molar-refractivity contribution in [2.75, 3.05) is 14.2 Å². The predicted molar refractivity (Wildman–Crippen MR) is 124 cm³/mol. The summed E-state index contributed by atoms with van der Waals surface area (Å²) in [5.41, 5.74) is 1.56. The molecule has 34 heavy (non-hydrogen) atoms. The zero-order valence-corrected chi connectivity index (χ0v) is 19.2. The number of sulfonamides is 1. The number of aromatic nitrogens is 3. The van der Waals surface area contributed by atoms with Crippen LogP contribution in [0.5, 0.6) is 11.5 Å². The molecular formula is C22H22N5O6S-. The molecule has 0 fully saturated rings. The van der Waals surface area contributed by atoms with Crippen LogP contribution < -0.4 is 19.4 Å². The number of fused-ring (bicyclic) bond motifs is 1. The highest BCUT2D eigenvalue weighted by Gasteiger charge is 2.22. The normalized spacial score (nSPS) is 11.8. The zero-order chi connectivity index (χ0) is 24.3. The number of hydroxylamine groups is 2. The lowest BCUT2D eigenvalue weighted by atomic mass is 10.2. The van der Waals surface area contributed by atoms with Gasteiger partial charge in [-0.25, -0.2) is 22.8 Å². The Balaban J connectivity index is 1.73. The van der Waals surface area contributed by atoms with Gasteiger partial charge in [-0.3, -0.25) is 0 Å². The van der Waals surface area contributed by atoms with E-state index in [1.54, 1.807) is 42.7 Å². The molecule has 2 heterocycles. The molecule has 0 unspecified atom stereocenters. The highest BCUT2D eigenvalue weighted by molar-refractivity contribution is 7.89. The fraction of sp³-hybridized carbons (Fsp3) is 0.182. The van der Waals surface area contributed by atoms with E-state index in [1.165, 1.54) is 37.1 Å². The van der Waals surface area contributed by atoms with Gasteiger partial charge in [0.2, 0.25) is 10.0 Å². The molecule has 2 N–H and O–H groups in total. The van der Waals surface area contributed by atoms with Crippen LogP contribution in [-0.4, -0.2) is 37.4 Å². The van der Waals surface area contributed by atoms with Gasteiger partial charge in [0.15, 0.2) is 5.65 Å². The van der Waals surface area contributed by atoms with Crippen LogP contribution >= 0.6 is 0 Å². The Morgan fingerprint density at radius 1 is 1.09 bits per heavy atom. The molecule has 178 valence electrons. The third-order valence-electron chi connectivity index (χ3n) is 5.14. The van der Waals surface area contributed by atoms with Crippen LogP contribution in [0.25, 0.3) is 16.7 Å². The van der Waals surface area contributed by atoms with Crippen LogP contribution in [-0.2, 0) is 23.1 Å². The molecule has 0 saturated carbocycles. The van der Waals surface area contributed by atoms with Crippen LogP contribution in [0.2, 0.25) is 0 Å². The van der Waals surface area contributed by atoms with Gasteiger partial charge < -0.3 is 25.1 Å². The predicted octanol–water partition coefficient (Wildman–Crippen LogP) is 1.30. The topological polar surface area (TPSA) is 146 Å². The number of rotatable bonds is 9. The molecular weight excluding hydrogens is 462 g/mol. The largest absolute Gasteiger partial charge is 0.633 e. The van der Waals surface area contributed by atoms with Gasteiger partial charge in [-0.2, -0.15) is 0 Å². The quantitative estimate of drug-likeness (QED) is 0.338. The third kappa shape index (κ3) is 5.00. The summed E-state index contributed by atoms with van der Waals surface area (Å²) >= 11 is 0. The third-order valence-corrected chi connectivity index (χ3v) is 6.57. The van der Waals surface area contributed by atoms with Gasteiger partial charge >= 0.3 is 0 Å². The Bertz CT molecular complexity index is 1390. The first-order chi connectivity index (χ1) is 16.3. The fourth-order valence-corrected chi connectivity index (χ4v) is 4.71. The first-order valence-electron chi connectivity index (χ1n) is 10.1. The van der Waals surface area contributed by atoms with Crippen LogP contribution in [0.4, 0.5) is 0 Å². The van der Waals surface area contributed by atoms with E-state index in [-0.39, 0.29) is 22.7 Å². The van der Waals surface area contributed by atoms with Crippen molar-refractivity contribution < 1.29 is 23.1 Å². The van der Waals surface area contributed by atoms with Crippen LogP contribution in [0.15, 0.2) is 65.8 Å². The van der Waals surface area contributed by atoms with Crippen LogP contribution in [0.3, 0.4) is 0 Å². The summed E-state index contributed by atoms with van der Waals surface area (Å²) in [4.78, 5) is 4.05. The van der Waals surface area contributed by atoms with Crippen LogP contribution in [0.1, 0.15) is 11.1 Å². The Morgan fingerprint density at radius 3 is 2.62 bits per heavy atom. The summed E-state index contributed by atoms with van der Waals surface area (Å²) in [5.74, 6) is 1.03. The maximum absolute atomic E-state index is 13.4. The van der Waals surface area contributed by atoms with Gasteiger partial charge in [-0.05, 0) is 30.3 Å². The number of benzene rings is 2. The second kappa shape index (κ2) is 9.75. The van der Waals surface area contributed by atoms with E-state index in [9.17, 15) is 18.8 Å². The number of quaternary nitrogens is 1. The number of methoxy groups -OCH3 is 2. The van der Waals surface area contributed by atoms with Gasteiger partial charge in [-0.1, -0.05) is 12.1 Å². The summed E-state index contributed by atoms with van der Waals surface area (Å²) in [6.45, 7) is -0.500. The standard InChI is InChI=1S/C22H22N5O6S/c1-32-18-7-6-16(20(11-18)33-2)12-24-34(30,31)21-10-15(13-27(28)29)5-8-19(21)26-14-17-4-3-9-23-22(17)25-26/h3-11,14,24,27H,12-13H2,1-2H3/q-1. The van der Waals surface area contributed by atoms with Gasteiger partial charge in [0.1, 0.15) is 22.9 Å². The summed E-state index contributed by atoms with van der Waals surface area (Å²) in [6, 6.07) is 12.9. The van der Waals surface area contributed by atoms with Crippen molar-refractivity contribution in [3.05, 3.63) is 82.5 Å². The number of hydrogen-bond donors (Lipinski definition) is 2. The maximum atomic E-state index is 13.4. The second-order valence-corrected chi connectivity index (χ2v) is 9.08. The molecule has 0 atom stereocenters. The lowest BCUT2D eigenvalue weighted by Gasteiger charge is -2.25. The molecule has 0 aliphatic heterocycles. The lowest BCUT2D eigenvalue weighted by molar-refractivity contribution is -0.807. The van der Waals surface area contributed by atoms with E-state index < -0.39 is 21.8 Å². The first-order valence-corrected chi connectivity index (χ1v) is 11.6. The van der Waals surface area contributed by atoms with Crippen molar-refractivity contribution in [1.82, 2.24) is 19.5 Å². The van der Waals surface area contributed by atoms with Crippen molar-refractivity contribution >= 4 is 21.1 Å². The number of pyridine rings is 1. The summed E-state index contributed by atoms with van der Waals surface area (Å²) in [6.07, 6.45) is 3.24. The average molecular weight is 485 g/mol. The van der Waals surface area contributed by atoms with Gasteiger partial charge in [0.25, 0.3) is 0 Å². The molecule has 0 amide bonds. The summed E-state index contributed by atoms with van der Waals surface area (Å²) in [7, 11) is -1.11. The lowest BCUT2D eigenvalue weighted by Crippen LogP contribution is -3.00. The van der Waals surface area contributed by atoms with E-state index in [0.717, 1.165) is 5.39 Å². The SMILES string of the molecule is COc1ccc(CNS(=O)(=O)c2cc(C[NH+]([O-])[O-])ccc2-n2cc3cccnc3n2)c(OC)c1. The monoisotopic (exact) mass is 484 g/mol. The Kier molecular flexibility index (Phi) is 6.77. The molecule has 4 aromatic rings. The molecule has 4 rings (SSSR count). The highest BCUT2D eigenvalue weighted by Crippen LogP contribution is 2.26. The molecule has 11 nitrogen and oxygen atoms in total. The average Bonchev–Trinajstić information content (AvgIpc) is 3.26. The van der Waals surface area contributed by atoms with Gasteiger partial charge in [-0.15, -0.1) is 5.10 Å². The summed E-state index contributed by atoms with van der Waals surface area (Å²) < 4.78 is 41.2. The molecule has 2 aromatic heterocycles. The van der Waals surface area contributed by atoms with E-state index in [4.69, 9.17) is 9.47 Å². The molecule has 0 aliphatic rings.